The molecule has 6 atom stereocenters. The molecule has 0 amide bonds. The van der Waals surface area contributed by atoms with E-state index < -0.39 is 5.60 Å². The summed E-state index contributed by atoms with van der Waals surface area (Å²) >= 11 is 0. The Hall–Kier alpha value is -1.88. The van der Waals surface area contributed by atoms with E-state index in [1.54, 1.807) is 13.4 Å². The molecule has 5 unspecified atom stereocenters. The Labute approximate surface area is 191 Å². The molecule has 176 valence electrons. The minimum atomic E-state index is -0.661. The second kappa shape index (κ2) is 8.48. The fourth-order valence-electron chi connectivity index (χ4n) is 7.83. The monoisotopic (exact) mass is 441 g/mol. The fraction of sp³-hybridized carbons (Fsp3) is 0.704. The summed E-state index contributed by atoms with van der Waals surface area (Å²) < 4.78 is 5.19. The molecule has 0 aliphatic heterocycles. The zero-order valence-corrected chi connectivity index (χ0v) is 20.3. The predicted octanol–water partition coefficient (Wildman–Crippen LogP) is 5.83. The zero-order chi connectivity index (χ0) is 23.1. The average molecular weight is 442 g/mol. The lowest BCUT2D eigenvalue weighted by molar-refractivity contribution is -0.176. The van der Waals surface area contributed by atoms with Crippen molar-refractivity contribution >= 4 is 5.71 Å². The van der Waals surface area contributed by atoms with E-state index in [4.69, 9.17) is 9.25 Å². The van der Waals surface area contributed by atoms with Gasteiger partial charge in [-0.05, 0) is 92.2 Å². The molecular formula is C27H39NO4. The van der Waals surface area contributed by atoms with E-state index >= 15 is 0 Å². The Morgan fingerprint density at radius 1 is 1.06 bits per heavy atom. The van der Waals surface area contributed by atoms with Crippen LogP contribution in [0.2, 0.25) is 0 Å². The largest absolute Gasteiger partial charge is 0.431 e. The van der Waals surface area contributed by atoms with Crippen LogP contribution in [-0.2, 0) is 4.84 Å². The van der Waals surface area contributed by atoms with E-state index in [1.807, 2.05) is 19.9 Å². The highest BCUT2D eigenvalue weighted by Gasteiger charge is 2.66. The second-order valence-corrected chi connectivity index (χ2v) is 10.5. The van der Waals surface area contributed by atoms with Crippen molar-refractivity contribution in [3.63, 3.8) is 0 Å². The molecule has 4 aliphatic rings. The first kappa shape index (κ1) is 23.3. The third-order valence-corrected chi connectivity index (χ3v) is 9.50. The molecule has 0 radical (unpaired) electrons. The van der Waals surface area contributed by atoms with Crippen LogP contribution in [0.25, 0.3) is 0 Å². The van der Waals surface area contributed by atoms with Crippen LogP contribution in [0.15, 0.2) is 44.4 Å². The van der Waals surface area contributed by atoms with Gasteiger partial charge in [0.05, 0.1) is 17.6 Å². The maximum atomic E-state index is 12.2. The summed E-state index contributed by atoms with van der Waals surface area (Å²) in [4.78, 5) is 16.5. The van der Waals surface area contributed by atoms with E-state index in [-0.39, 0.29) is 22.4 Å². The van der Waals surface area contributed by atoms with E-state index in [0.717, 1.165) is 62.6 Å². The van der Waals surface area contributed by atoms with Gasteiger partial charge in [-0.15, -0.1) is 0 Å². The molecule has 5 heteroatoms. The van der Waals surface area contributed by atoms with Crippen molar-refractivity contribution in [1.29, 1.82) is 0 Å². The third-order valence-electron chi connectivity index (χ3n) is 9.50. The number of hydrogen-bond acceptors (Lipinski definition) is 5. The minimum Gasteiger partial charge on any atom is -0.431 e. The summed E-state index contributed by atoms with van der Waals surface area (Å²) in [6.07, 6.45) is 11.9. The molecule has 0 spiro atoms. The van der Waals surface area contributed by atoms with Crippen molar-refractivity contribution in [3.05, 3.63) is 46.0 Å². The Morgan fingerprint density at radius 3 is 2.53 bits per heavy atom. The number of rotatable bonds is 2. The van der Waals surface area contributed by atoms with Gasteiger partial charge in [0.1, 0.15) is 7.11 Å². The molecule has 5 nitrogen and oxygen atoms in total. The third kappa shape index (κ3) is 3.30. The van der Waals surface area contributed by atoms with E-state index in [2.05, 4.69) is 25.1 Å². The van der Waals surface area contributed by atoms with Gasteiger partial charge in [-0.2, -0.15) is 0 Å². The molecule has 4 aliphatic carbocycles. The molecule has 1 aromatic heterocycles. The van der Waals surface area contributed by atoms with Crippen molar-refractivity contribution in [2.45, 2.75) is 90.6 Å². The molecular weight excluding hydrogens is 402 g/mol. The van der Waals surface area contributed by atoms with Gasteiger partial charge in [0.2, 0.25) is 0 Å². The van der Waals surface area contributed by atoms with Crippen LogP contribution in [0, 0.1) is 22.7 Å². The smallest absolute Gasteiger partial charge is 0.335 e. The molecule has 5 rings (SSSR count). The molecule has 0 bridgehead atoms. The summed E-state index contributed by atoms with van der Waals surface area (Å²) in [7, 11) is 1.61. The molecule has 1 N–H and O–H groups in total. The van der Waals surface area contributed by atoms with Gasteiger partial charge in [0.15, 0.2) is 0 Å². The van der Waals surface area contributed by atoms with Gasteiger partial charge in [-0.25, -0.2) is 4.79 Å². The molecule has 32 heavy (non-hydrogen) atoms. The topological polar surface area (TPSA) is 72.0 Å². The van der Waals surface area contributed by atoms with Crippen molar-refractivity contribution in [3.8, 4) is 0 Å². The Morgan fingerprint density at radius 2 is 1.84 bits per heavy atom. The minimum absolute atomic E-state index is 0.143. The fourth-order valence-corrected chi connectivity index (χ4v) is 7.83. The standard InChI is InChI=1S/C25H33NO4.C2H6/c1-23-11-8-18(26-29-3)14-17(23)5-6-21-20(23)9-12-24(2)19(10-13-25(21,24)28)16-4-7-22(27)30-15-16;1-2/h4,7,14-15,19-21,28H,5-6,8-13H2,1-3H3;1-2H3/b26-18+;/t19?,20?,21-,23?,24?,25?;/m1./s1. The van der Waals surface area contributed by atoms with Crippen LogP contribution >= 0.6 is 0 Å². The van der Waals surface area contributed by atoms with Gasteiger partial charge >= 0.3 is 5.63 Å². The lowest BCUT2D eigenvalue weighted by Crippen LogP contribution is -2.60. The first-order chi connectivity index (χ1) is 15.3. The quantitative estimate of drug-likeness (QED) is 0.586. The molecule has 1 heterocycles. The highest BCUT2D eigenvalue weighted by atomic mass is 16.6. The van der Waals surface area contributed by atoms with Crippen LogP contribution < -0.4 is 5.63 Å². The zero-order valence-electron chi connectivity index (χ0n) is 20.3. The molecule has 0 aromatic carbocycles. The van der Waals surface area contributed by atoms with Crippen LogP contribution in [0.1, 0.15) is 90.5 Å². The summed E-state index contributed by atoms with van der Waals surface area (Å²) in [6.45, 7) is 8.70. The number of hydrogen-bond donors (Lipinski definition) is 1. The van der Waals surface area contributed by atoms with Crippen LogP contribution in [-0.4, -0.2) is 23.5 Å². The normalized spacial score (nSPS) is 41.5. The average Bonchev–Trinajstić information content (AvgIpc) is 3.07. The maximum Gasteiger partial charge on any atom is 0.335 e. The lowest BCUT2D eigenvalue weighted by Gasteiger charge is -2.61. The molecule has 3 saturated carbocycles. The Bertz CT molecular complexity index is 944. The van der Waals surface area contributed by atoms with Crippen molar-refractivity contribution in [2.24, 2.45) is 27.8 Å². The number of aliphatic hydroxyl groups is 1. The summed E-state index contributed by atoms with van der Waals surface area (Å²) in [5, 5.41) is 16.4. The van der Waals surface area contributed by atoms with Crippen molar-refractivity contribution in [1.82, 2.24) is 0 Å². The molecule has 3 fully saturated rings. The van der Waals surface area contributed by atoms with Gasteiger partial charge < -0.3 is 14.4 Å². The second-order valence-electron chi connectivity index (χ2n) is 10.5. The Kier molecular flexibility index (Phi) is 6.17. The SMILES string of the molecule is CC.CO/N=C1/C=C2CC[C@@H]3C(CCC4(C)C(c5ccc(=O)oc5)CCC34O)C2(C)CC1. The van der Waals surface area contributed by atoms with Crippen molar-refractivity contribution in [2.75, 3.05) is 7.11 Å². The first-order valence-corrected chi connectivity index (χ1v) is 12.4. The lowest BCUT2D eigenvalue weighted by atomic mass is 9.45. The van der Waals surface area contributed by atoms with Gasteiger partial charge in [0, 0.05) is 11.5 Å². The molecule has 1 aromatic rings. The van der Waals surface area contributed by atoms with Gasteiger partial charge in [0.25, 0.3) is 0 Å². The number of allylic oxidation sites excluding steroid dienone is 2. The van der Waals surface area contributed by atoms with Gasteiger partial charge in [-0.3, -0.25) is 0 Å². The highest BCUT2D eigenvalue weighted by molar-refractivity contribution is 5.96. The van der Waals surface area contributed by atoms with Crippen molar-refractivity contribution < 1.29 is 14.4 Å². The number of nitrogens with zero attached hydrogens (tertiary/aromatic N) is 1. The summed E-state index contributed by atoms with van der Waals surface area (Å²) in [5.41, 5.74) is 2.60. The summed E-state index contributed by atoms with van der Waals surface area (Å²) in [5.74, 6) is 1.07. The highest BCUT2D eigenvalue weighted by Crippen LogP contribution is 2.69. The molecule has 0 saturated heterocycles. The number of oxime groups is 1. The van der Waals surface area contributed by atoms with E-state index in [9.17, 15) is 9.90 Å². The van der Waals surface area contributed by atoms with E-state index in [1.165, 1.54) is 11.6 Å². The van der Waals surface area contributed by atoms with Crippen LogP contribution in [0.5, 0.6) is 0 Å². The first-order valence-electron chi connectivity index (χ1n) is 12.4. The van der Waals surface area contributed by atoms with Gasteiger partial charge in [-0.1, -0.05) is 38.4 Å². The van der Waals surface area contributed by atoms with Crippen LogP contribution in [0.3, 0.4) is 0 Å². The maximum absolute atomic E-state index is 12.2. The Balaban J connectivity index is 0.00000119. The summed E-state index contributed by atoms with van der Waals surface area (Å²) in [6, 6.07) is 3.42. The number of fused-ring (bicyclic) bond motifs is 5. The predicted molar refractivity (Wildman–Crippen MR) is 127 cm³/mol. The van der Waals surface area contributed by atoms with Crippen LogP contribution in [0.4, 0.5) is 0 Å². The van der Waals surface area contributed by atoms with E-state index in [0.29, 0.717) is 11.8 Å².